The fourth-order valence-electron chi connectivity index (χ4n) is 1.95. The fourth-order valence-corrected chi connectivity index (χ4v) is 1.95. The number of aryl methyl sites for hydroxylation is 1. The standard InChI is InChI=1S/C12H17N5O2/c1-5-6-7-17-8-9(13-11(17)15(2)3)16(4)12(19)14-10(8)18/h5-6H,7H2,1-4H3,(H,14,18,19). The van der Waals surface area contributed by atoms with Gasteiger partial charge in [0, 0.05) is 27.7 Å². The van der Waals surface area contributed by atoms with E-state index in [-0.39, 0.29) is 0 Å². The summed E-state index contributed by atoms with van der Waals surface area (Å²) in [6.45, 7) is 2.44. The predicted octanol–water partition coefficient (Wildman–Crippen LogP) is 0.0654. The number of hydrogen-bond donors (Lipinski definition) is 1. The van der Waals surface area contributed by atoms with Crippen molar-refractivity contribution in [3.63, 3.8) is 0 Å². The smallest absolute Gasteiger partial charge is 0.329 e. The molecule has 19 heavy (non-hydrogen) atoms. The van der Waals surface area contributed by atoms with E-state index in [2.05, 4.69) is 9.97 Å². The van der Waals surface area contributed by atoms with Crippen molar-refractivity contribution in [1.29, 1.82) is 0 Å². The Labute approximate surface area is 109 Å². The molecule has 0 aliphatic rings. The van der Waals surface area contributed by atoms with Gasteiger partial charge in [-0.05, 0) is 6.92 Å². The Bertz CT molecular complexity index is 748. The molecule has 0 bridgehead atoms. The maximum atomic E-state index is 12.0. The van der Waals surface area contributed by atoms with Crippen LogP contribution in [0.3, 0.4) is 0 Å². The quantitative estimate of drug-likeness (QED) is 0.795. The molecule has 0 spiro atoms. The van der Waals surface area contributed by atoms with Gasteiger partial charge in [-0.15, -0.1) is 0 Å². The van der Waals surface area contributed by atoms with Gasteiger partial charge in [-0.3, -0.25) is 14.3 Å². The molecule has 1 N–H and O–H groups in total. The zero-order valence-corrected chi connectivity index (χ0v) is 11.5. The molecule has 0 saturated carbocycles. The van der Waals surface area contributed by atoms with E-state index in [9.17, 15) is 9.59 Å². The first-order chi connectivity index (χ1) is 8.97. The second-order valence-electron chi connectivity index (χ2n) is 4.48. The summed E-state index contributed by atoms with van der Waals surface area (Å²) in [7, 11) is 5.28. The number of anilines is 1. The highest BCUT2D eigenvalue weighted by Crippen LogP contribution is 2.17. The molecule has 0 aliphatic heterocycles. The summed E-state index contributed by atoms with van der Waals surface area (Å²) in [5.74, 6) is 0.639. The molecule has 102 valence electrons. The van der Waals surface area contributed by atoms with Gasteiger partial charge in [0.25, 0.3) is 5.56 Å². The van der Waals surface area contributed by atoms with Crippen molar-refractivity contribution >= 4 is 17.1 Å². The second kappa shape index (κ2) is 4.75. The Morgan fingerprint density at radius 3 is 2.63 bits per heavy atom. The molecule has 2 rings (SSSR count). The molecule has 0 saturated heterocycles. The molecule has 0 unspecified atom stereocenters. The van der Waals surface area contributed by atoms with Crippen LogP contribution in [0.4, 0.5) is 5.95 Å². The third kappa shape index (κ3) is 2.07. The van der Waals surface area contributed by atoms with Gasteiger partial charge < -0.3 is 9.47 Å². The van der Waals surface area contributed by atoms with Crippen LogP contribution in [0.25, 0.3) is 11.2 Å². The third-order valence-electron chi connectivity index (χ3n) is 2.91. The normalized spacial score (nSPS) is 11.6. The first kappa shape index (κ1) is 13.1. The Morgan fingerprint density at radius 1 is 1.37 bits per heavy atom. The lowest BCUT2D eigenvalue weighted by atomic mass is 10.4. The number of allylic oxidation sites excluding steroid dienone is 2. The van der Waals surface area contributed by atoms with Crippen molar-refractivity contribution in [3.05, 3.63) is 33.0 Å². The summed E-state index contributed by atoms with van der Waals surface area (Å²) >= 11 is 0. The van der Waals surface area contributed by atoms with E-state index in [0.717, 1.165) is 0 Å². The zero-order valence-electron chi connectivity index (χ0n) is 11.5. The van der Waals surface area contributed by atoms with E-state index < -0.39 is 11.2 Å². The number of nitrogens with zero attached hydrogens (tertiary/aromatic N) is 4. The maximum absolute atomic E-state index is 12.0. The molecule has 2 aromatic heterocycles. The summed E-state index contributed by atoms with van der Waals surface area (Å²) in [6.07, 6.45) is 3.83. The van der Waals surface area contributed by atoms with Crippen molar-refractivity contribution in [3.8, 4) is 0 Å². The predicted molar refractivity (Wildman–Crippen MR) is 74.7 cm³/mol. The van der Waals surface area contributed by atoms with E-state index in [0.29, 0.717) is 23.7 Å². The summed E-state index contributed by atoms with van der Waals surface area (Å²) in [5.41, 5.74) is -0.0763. The van der Waals surface area contributed by atoms with Gasteiger partial charge in [-0.2, -0.15) is 4.98 Å². The van der Waals surface area contributed by atoms with Gasteiger partial charge >= 0.3 is 5.69 Å². The fraction of sp³-hybridized carbons (Fsp3) is 0.417. The average Bonchev–Trinajstić information content (AvgIpc) is 2.73. The molecule has 0 fully saturated rings. The Balaban J connectivity index is 2.89. The molecule has 7 heteroatoms. The van der Waals surface area contributed by atoms with Crippen LogP contribution >= 0.6 is 0 Å². The first-order valence-electron chi connectivity index (χ1n) is 5.95. The van der Waals surface area contributed by atoms with E-state index in [1.807, 2.05) is 38.1 Å². The largest absolute Gasteiger partial charge is 0.348 e. The number of aromatic amines is 1. The molecule has 0 atom stereocenters. The van der Waals surface area contributed by atoms with Crippen molar-refractivity contribution in [1.82, 2.24) is 19.1 Å². The molecule has 0 aromatic carbocycles. The van der Waals surface area contributed by atoms with Crippen LogP contribution in [0.15, 0.2) is 21.7 Å². The van der Waals surface area contributed by atoms with Gasteiger partial charge in [0.05, 0.1) is 0 Å². The number of fused-ring (bicyclic) bond motifs is 1. The molecule has 7 nitrogen and oxygen atoms in total. The summed E-state index contributed by atoms with van der Waals surface area (Å²) in [6, 6.07) is 0. The number of hydrogen-bond acceptors (Lipinski definition) is 4. The van der Waals surface area contributed by atoms with Crippen LogP contribution in [-0.2, 0) is 13.6 Å². The minimum absolute atomic E-state index is 0.391. The molecule has 0 radical (unpaired) electrons. The van der Waals surface area contributed by atoms with E-state index in [1.54, 1.807) is 11.6 Å². The lowest BCUT2D eigenvalue weighted by Gasteiger charge is -2.12. The van der Waals surface area contributed by atoms with Crippen molar-refractivity contribution < 1.29 is 0 Å². The number of H-pyrrole nitrogens is 1. The maximum Gasteiger partial charge on any atom is 0.329 e. The monoisotopic (exact) mass is 263 g/mol. The van der Waals surface area contributed by atoms with Gasteiger partial charge in [0.15, 0.2) is 11.2 Å². The zero-order chi connectivity index (χ0) is 14.2. The lowest BCUT2D eigenvalue weighted by molar-refractivity contribution is 0.808. The highest BCUT2D eigenvalue weighted by Gasteiger charge is 2.17. The minimum Gasteiger partial charge on any atom is -0.348 e. The highest BCUT2D eigenvalue weighted by molar-refractivity contribution is 5.74. The van der Waals surface area contributed by atoms with Gasteiger partial charge in [0.2, 0.25) is 5.95 Å². The van der Waals surface area contributed by atoms with Crippen LogP contribution in [-0.4, -0.2) is 33.2 Å². The van der Waals surface area contributed by atoms with Crippen LogP contribution in [0.1, 0.15) is 6.92 Å². The second-order valence-corrected chi connectivity index (χ2v) is 4.48. The number of nitrogens with one attached hydrogen (secondary N) is 1. The van der Waals surface area contributed by atoms with Crippen molar-refractivity contribution in [2.24, 2.45) is 7.05 Å². The number of aromatic nitrogens is 4. The molecule has 0 amide bonds. The lowest BCUT2D eigenvalue weighted by Crippen LogP contribution is -2.29. The third-order valence-corrected chi connectivity index (χ3v) is 2.91. The topological polar surface area (TPSA) is 75.9 Å². The van der Waals surface area contributed by atoms with Gasteiger partial charge in [-0.1, -0.05) is 12.2 Å². The molecule has 0 aliphatic carbocycles. The number of imidazole rings is 1. The SMILES string of the molecule is CC=CCn1c(N(C)C)nc2c1c(=O)[nH]c(=O)n2C. The highest BCUT2D eigenvalue weighted by atomic mass is 16.2. The van der Waals surface area contributed by atoms with E-state index >= 15 is 0 Å². The van der Waals surface area contributed by atoms with Crippen molar-refractivity contribution in [2.45, 2.75) is 13.5 Å². The Kier molecular flexibility index (Phi) is 3.28. The van der Waals surface area contributed by atoms with Crippen molar-refractivity contribution in [2.75, 3.05) is 19.0 Å². The Hall–Kier alpha value is -2.31. The first-order valence-corrected chi connectivity index (χ1v) is 5.95. The molecule has 2 aromatic rings. The molecule has 2 heterocycles. The van der Waals surface area contributed by atoms with Gasteiger partial charge in [-0.25, -0.2) is 4.79 Å². The van der Waals surface area contributed by atoms with E-state index in [1.165, 1.54) is 4.57 Å². The minimum atomic E-state index is -0.460. The summed E-state index contributed by atoms with van der Waals surface area (Å²) < 4.78 is 3.13. The van der Waals surface area contributed by atoms with Crippen LogP contribution < -0.4 is 16.1 Å². The summed E-state index contributed by atoms with van der Waals surface area (Å²) in [5, 5.41) is 0. The summed E-state index contributed by atoms with van der Waals surface area (Å²) in [4.78, 5) is 32.1. The number of rotatable bonds is 3. The van der Waals surface area contributed by atoms with E-state index in [4.69, 9.17) is 0 Å². The van der Waals surface area contributed by atoms with Crippen LogP contribution in [0.5, 0.6) is 0 Å². The molecular formula is C12H17N5O2. The van der Waals surface area contributed by atoms with Crippen LogP contribution in [0, 0.1) is 0 Å². The van der Waals surface area contributed by atoms with Crippen LogP contribution in [0.2, 0.25) is 0 Å². The van der Waals surface area contributed by atoms with Gasteiger partial charge in [0.1, 0.15) is 0 Å². The Morgan fingerprint density at radius 2 is 2.05 bits per heavy atom. The molecular weight excluding hydrogens is 246 g/mol. The average molecular weight is 263 g/mol.